The van der Waals surface area contributed by atoms with Crippen LogP contribution in [0.4, 0.5) is 0 Å². The number of hydrogen-bond donors (Lipinski definition) is 3. The Bertz CT molecular complexity index is 420. The minimum atomic E-state index is -1.61. The second kappa shape index (κ2) is 7.38. The van der Waals surface area contributed by atoms with E-state index >= 15 is 0 Å². The summed E-state index contributed by atoms with van der Waals surface area (Å²) in [7, 11) is 0. The van der Waals surface area contributed by atoms with E-state index in [2.05, 4.69) is 5.32 Å². The summed E-state index contributed by atoms with van der Waals surface area (Å²) >= 11 is 0. The molecule has 0 aliphatic rings. The smallest absolute Gasteiger partial charge is 0.334 e. The molecule has 0 saturated heterocycles. The maximum atomic E-state index is 11.8. The number of carboxylic acids is 1. The first-order chi connectivity index (χ1) is 9.04. The van der Waals surface area contributed by atoms with Crippen molar-refractivity contribution >= 4 is 11.9 Å². The van der Waals surface area contributed by atoms with E-state index in [1.807, 2.05) is 6.07 Å². The summed E-state index contributed by atoms with van der Waals surface area (Å²) in [6, 6.07) is 8.85. The van der Waals surface area contributed by atoms with Crippen molar-refractivity contribution in [1.82, 2.24) is 5.32 Å². The molecule has 1 amide bonds. The lowest BCUT2D eigenvalue weighted by Crippen LogP contribution is -2.43. The molecule has 1 rings (SSSR count). The van der Waals surface area contributed by atoms with Gasteiger partial charge in [-0.05, 0) is 18.6 Å². The Kier molecular flexibility index (Phi) is 5.81. The minimum absolute atomic E-state index is 0.344. The zero-order valence-electron chi connectivity index (χ0n) is 10.6. The van der Waals surface area contributed by atoms with Crippen molar-refractivity contribution in [2.75, 3.05) is 6.54 Å². The molecule has 0 heterocycles. The van der Waals surface area contributed by atoms with Gasteiger partial charge in [0.05, 0.1) is 6.54 Å². The number of rotatable bonds is 7. The van der Waals surface area contributed by atoms with Gasteiger partial charge < -0.3 is 20.3 Å². The second-order valence-corrected chi connectivity index (χ2v) is 3.93. The third kappa shape index (κ3) is 4.97. The summed E-state index contributed by atoms with van der Waals surface area (Å²) in [5.41, 5.74) is 0. The van der Waals surface area contributed by atoms with Gasteiger partial charge in [-0.25, -0.2) is 4.79 Å². The highest BCUT2D eigenvalue weighted by atomic mass is 16.5. The Balaban J connectivity index is 2.50. The van der Waals surface area contributed by atoms with Crippen LogP contribution in [0, 0.1) is 0 Å². The Hall–Kier alpha value is -2.08. The lowest BCUT2D eigenvalue weighted by Gasteiger charge is -2.17. The highest BCUT2D eigenvalue weighted by Gasteiger charge is 2.20. The standard InChI is InChI=1S/C13H17NO5/c1-2-11(19-9-6-4-3-5-7-9)12(16)14-8-10(15)13(17)18/h3-7,10-11,15H,2,8H2,1H3,(H,14,16)(H,17,18)/t10-,11?/m0/s1. The number of benzene rings is 1. The largest absolute Gasteiger partial charge is 0.481 e. The molecule has 2 atom stereocenters. The lowest BCUT2D eigenvalue weighted by atomic mass is 10.2. The number of aliphatic hydroxyl groups excluding tert-OH is 1. The monoisotopic (exact) mass is 267 g/mol. The molecular formula is C13H17NO5. The quantitative estimate of drug-likeness (QED) is 0.665. The molecule has 0 saturated carbocycles. The van der Waals surface area contributed by atoms with Crippen molar-refractivity contribution in [2.24, 2.45) is 0 Å². The van der Waals surface area contributed by atoms with Gasteiger partial charge in [0, 0.05) is 0 Å². The van der Waals surface area contributed by atoms with Crippen LogP contribution in [0.25, 0.3) is 0 Å². The maximum Gasteiger partial charge on any atom is 0.334 e. The third-order valence-electron chi connectivity index (χ3n) is 2.44. The highest BCUT2D eigenvalue weighted by molar-refractivity contribution is 5.82. The number of hydrogen-bond acceptors (Lipinski definition) is 4. The van der Waals surface area contributed by atoms with Crippen molar-refractivity contribution in [3.05, 3.63) is 30.3 Å². The molecule has 0 aliphatic heterocycles. The molecule has 0 aliphatic carbocycles. The van der Waals surface area contributed by atoms with Crippen LogP contribution >= 0.6 is 0 Å². The Morgan fingerprint density at radius 2 is 1.95 bits per heavy atom. The van der Waals surface area contributed by atoms with Crippen LogP contribution in [-0.2, 0) is 9.59 Å². The molecule has 1 unspecified atom stereocenters. The number of ether oxygens (including phenoxy) is 1. The van der Waals surface area contributed by atoms with Crippen LogP contribution < -0.4 is 10.1 Å². The average Bonchev–Trinajstić information content (AvgIpc) is 2.42. The fourth-order valence-corrected chi connectivity index (χ4v) is 1.38. The lowest BCUT2D eigenvalue weighted by molar-refractivity contribution is -0.146. The molecule has 19 heavy (non-hydrogen) atoms. The van der Waals surface area contributed by atoms with E-state index < -0.39 is 24.1 Å². The molecule has 0 spiro atoms. The van der Waals surface area contributed by atoms with Gasteiger partial charge in [0.2, 0.25) is 0 Å². The van der Waals surface area contributed by atoms with Crippen LogP contribution in [-0.4, -0.2) is 40.8 Å². The van der Waals surface area contributed by atoms with E-state index in [9.17, 15) is 9.59 Å². The summed E-state index contributed by atoms with van der Waals surface area (Å²) < 4.78 is 5.48. The van der Waals surface area contributed by atoms with E-state index in [1.54, 1.807) is 31.2 Å². The summed E-state index contributed by atoms with van der Waals surface area (Å²) in [5, 5.41) is 19.9. The molecule has 104 valence electrons. The number of aliphatic carboxylic acids is 1. The summed E-state index contributed by atoms with van der Waals surface area (Å²) in [6.45, 7) is 1.43. The van der Waals surface area contributed by atoms with Crippen molar-refractivity contribution in [2.45, 2.75) is 25.6 Å². The van der Waals surface area contributed by atoms with Gasteiger partial charge in [-0.15, -0.1) is 0 Å². The van der Waals surface area contributed by atoms with Gasteiger partial charge in [-0.2, -0.15) is 0 Å². The average molecular weight is 267 g/mol. The summed E-state index contributed by atoms with van der Waals surface area (Å²) in [5.74, 6) is -1.27. The van der Waals surface area contributed by atoms with E-state index in [0.29, 0.717) is 12.2 Å². The number of nitrogens with one attached hydrogen (secondary N) is 1. The zero-order chi connectivity index (χ0) is 14.3. The number of para-hydroxylation sites is 1. The number of amides is 1. The fraction of sp³-hybridized carbons (Fsp3) is 0.385. The molecule has 6 heteroatoms. The molecule has 0 radical (unpaired) electrons. The summed E-state index contributed by atoms with van der Waals surface area (Å²) in [6.07, 6.45) is -1.90. The van der Waals surface area contributed by atoms with Gasteiger partial charge in [0.1, 0.15) is 5.75 Å². The zero-order valence-corrected chi connectivity index (χ0v) is 10.6. The van der Waals surface area contributed by atoms with E-state index in [-0.39, 0.29) is 6.54 Å². The molecule has 3 N–H and O–H groups in total. The predicted octanol–water partition coefficient (Wildman–Crippen LogP) is 0.406. The Morgan fingerprint density at radius 1 is 1.32 bits per heavy atom. The first-order valence-electron chi connectivity index (χ1n) is 5.95. The van der Waals surface area contributed by atoms with Crippen LogP contribution in [0.1, 0.15) is 13.3 Å². The molecule has 1 aromatic carbocycles. The SMILES string of the molecule is CCC(Oc1ccccc1)C(=O)NC[C@H](O)C(=O)O. The van der Waals surface area contributed by atoms with Gasteiger partial charge in [0.25, 0.3) is 5.91 Å². The third-order valence-corrected chi connectivity index (χ3v) is 2.44. The van der Waals surface area contributed by atoms with Gasteiger partial charge in [-0.1, -0.05) is 25.1 Å². The number of carbonyl (C=O) groups excluding carboxylic acids is 1. The summed E-state index contributed by atoms with van der Waals surface area (Å²) in [4.78, 5) is 22.2. The normalized spacial score (nSPS) is 13.4. The second-order valence-electron chi connectivity index (χ2n) is 3.93. The van der Waals surface area contributed by atoms with Crippen LogP contribution in [0.5, 0.6) is 5.75 Å². The van der Waals surface area contributed by atoms with E-state index in [4.69, 9.17) is 14.9 Å². The Labute approximate surface area is 111 Å². The van der Waals surface area contributed by atoms with E-state index in [1.165, 1.54) is 0 Å². The van der Waals surface area contributed by atoms with Crippen molar-refractivity contribution in [1.29, 1.82) is 0 Å². The fourth-order valence-electron chi connectivity index (χ4n) is 1.38. The predicted molar refractivity (Wildman–Crippen MR) is 67.8 cm³/mol. The van der Waals surface area contributed by atoms with Crippen LogP contribution in [0.15, 0.2) is 30.3 Å². The Morgan fingerprint density at radius 3 is 2.47 bits per heavy atom. The molecule has 1 aromatic rings. The highest BCUT2D eigenvalue weighted by Crippen LogP contribution is 2.12. The minimum Gasteiger partial charge on any atom is -0.481 e. The molecule has 6 nitrogen and oxygen atoms in total. The van der Waals surface area contributed by atoms with Gasteiger partial charge >= 0.3 is 5.97 Å². The first-order valence-corrected chi connectivity index (χ1v) is 5.95. The molecular weight excluding hydrogens is 250 g/mol. The van der Waals surface area contributed by atoms with Crippen molar-refractivity contribution < 1.29 is 24.5 Å². The van der Waals surface area contributed by atoms with Crippen molar-refractivity contribution in [3.8, 4) is 5.75 Å². The molecule has 0 aromatic heterocycles. The maximum absolute atomic E-state index is 11.8. The van der Waals surface area contributed by atoms with Gasteiger partial charge in [0.15, 0.2) is 12.2 Å². The van der Waals surface area contributed by atoms with Crippen LogP contribution in [0.3, 0.4) is 0 Å². The van der Waals surface area contributed by atoms with E-state index in [0.717, 1.165) is 0 Å². The molecule has 0 bridgehead atoms. The number of aliphatic hydroxyl groups is 1. The number of carbonyl (C=O) groups is 2. The molecule has 0 fully saturated rings. The first kappa shape index (κ1) is 15.0. The topological polar surface area (TPSA) is 95.9 Å². The van der Waals surface area contributed by atoms with Gasteiger partial charge in [-0.3, -0.25) is 4.79 Å². The number of carboxylic acid groups (broad SMARTS) is 1. The van der Waals surface area contributed by atoms with Crippen molar-refractivity contribution in [3.63, 3.8) is 0 Å². The van der Waals surface area contributed by atoms with Crippen LogP contribution in [0.2, 0.25) is 0 Å².